The van der Waals surface area contributed by atoms with Crippen LogP contribution < -0.4 is 0 Å². The maximum atomic E-state index is 9.28. The van der Waals surface area contributed by atoms with Gasteiger partial charge in [-0.2, -0.15) is 0 Å². The SMILES string of the molecule is CCCc1ccc(-c2nc(Br)sc2CO)cc1. The predicted octanol–water partition coefficient (Wildman–Crippen LogP) is 4.02. The molecule has 0 aliphatic carbocycles. The van der Waals surface area contributed by atoms with Gasteiger partial charge < -0.3 is 5.11 Å². The molecule has 2 aromatic rings. The fraction of sp³-hybridized carbons (Fsp3) is 0.308. The predicted molar refractivity (Wildman–Crippen MR) is 75.2 cm³/mol. The Balaban J connectivity index is 2.32. The lowest BCUT2D eigenvalue weighted by atomic mass is 10.1. The van der Waals surface area contributed by atoms with E-state index in [1.807, 2.05) is 0 Å². The molecule has 90 valence electrons. The van der Waals surface area contributed by atoms with Gasteiger partial charge in [-0.1, -0.05) is 37.6 Å². The molecular weight excluding hydrogens is 298 g/mol. The van der Waals surface area contributed by atoms with Crippen molar-refractivity contribution in [3.63, 3.8) is 0 Å². The summed E-state index contributed by atoms with van der Waals surface area (Å²) in [6, 6.07) is 8.41. The van der Waals surface area contributed by atoms with Crippen molar-refractivity contribution in [3.8, 4) is 11.3 Å². The highest BCUT2D eigenvalue weighted by Crippen LogP contribution is 2.31. The van der Waals surface area contributed by atoms with Gasteiger partial charge in [0, 0.05) is 5.56 Å². The van der Waals surface area contributed by atoms with Crippen LogP contribution in [-0.4, -0.2) is 10.1 Å². The van der Waals surface area contributed by atoms with Crippen LogP contribution in [0.1, 0.15) is 23.8 Å². The maximum absolute atomic E-state index is 9.28. The van der Waals surface area contributed by atoms with Crippen LogP contribution in [0.5, 0.6) is 0 Å². The van der Waals surface area contributed by atoms with Crippen molar-refractivity contribution in [1.29, 1.82) is 0 Å². The minimum atomic E-state index is 0.0370. The van der Waals surface area contributed by atoms with Crippen molar-refractivity contribution < 1.29 is 5.11 Å². The molecule has 0 aliphatic rings. The molecular formula is C13H14BrNOS. The van der Waals surface area contributed by atoms with E-state index in [1.165, 1.54) is 16.9 Å². The molecule has 0 radical (unpaired) electrons. The highest BCUT2D eigenvalue weighted by Gasteiger charge is 2.10. The number of aliphatic hydroxyl groups is 1. The fourth-order valence-electron chi connectivity index (χ4n) is 1.77. The average molecular weight is 312 g/mol. The number of rotatable bonds is 4. The number of aliphatic hydroxyl groups excluding tert-OH is 1. The van der Waals surface area contributed by atoms with Gasteiger partial charge in [0.15, 0.2) is 3.92 Å². The van der Waals surface area contributed by atoms with Gasteiger partial charge in [0.05, 0.1) is 17.2 Å². The number of hydrogen-bond acceptors (Lipinski definition) is 3. The minimum absolute atomic E-state index is 0.0370. The summed E-state index contributed by atoms with van der Waals surface area (Å²) in [6.07, 6.45) is 2.26. The minimum Gasteiger partial charge on any atom is -0.391 e. The van der Waals surface area contributed by atoms with Gasteiger partial charge in [0.1, 0.15) is 0 Å². The highest BCUT2D eigenvalue weighted by molar-refractivity contribution is 9.11. The fourth-order valence-corrected chi connectivity index (χ4v) is 3.20. The third-order valence-corrected chi connectivity index (χ3v) is 4.07. The Morgan fingerprint density at radius 1 is 1.29 bits per heavy atom. The van der Waals surface area contributed by atoms with Crippen LogP contribution in [0.2, 0.25) is 0 Å². The molecule has 1 N–H and O–H groups in total. The highest BCUT2D eigenvalue weighted by atomic mass is 79.9. The zero-order chi connectivity index (χ0) is 12.3. The van der Waals surface area contributed by atoms with Gasteiger partial charge in [0.2, 0.25) is 0 Å². The first-order valence-corrected chi connectivity index (χ1v) is 7.21. The summed E-state index contributed by atoms with van der Waals surface area (Å²) in [5.74, 6) is 0. The van der Waals surface area contributed by atoms with Crippen molar-refractivity contribution in [1.82, 2.24) is 4.98 Å². The molecule has 2 nitrogen and oxygen atoms in total. The first kappa shape index (κ1) is 12.7. The molecule has 1 aromatic carbocycles. The van der Waals surface area contributed by atoms with Gasteiger partial charge >= 0.3 is 0 Å². The van der Waals surface area contributed by atoms with E-state index >= 15 is 0 Å². The Morgan fingerprint density at radius 3 is 2.59 bits per heavy atom. The largest absolute Gasteiger partial charge is 0.391 e. The van der Waals surface area contributed by atoms with Gasteiger partial charge in [-0.15, -0.1) is 11.3 Å². The van der Waals surface area contributed by atoms with E-state index in [2.05, 4.69) is 52.1 Å². The number of hydrogen-bond donors (Lipinski definition) is 1. The van der Waals surface area contributed by atoms with Gasteiger partial charge in [-0.3, -0.25) is 0 Å². The average Bonchev–Trinajstić information content (AvgIpc) is 2.72. The first-order chi connectivity index (χ1) is 8.24. The van der Waals surface area contributed by atoms with E-state index in [4.69, 9.17) is 0 Å². The smallest absolute Gasteiger partial charge is 0.160 e. The lowest BCUT2D eigenvalue weighted by Gasteiger charge is -2.02. The zero-order valence-electron chi connectivity index (χ0n) is 9.61. The third kappa shape index (κ3) is 2.94. The second kappa shape index (κ2) is 5.76. The van der Waals surface area contributed by atoms with Crippen LogP contribution in [0.25, 0.3) is 11.3 Å². The number of thiazole rings is 1. The summed E-state index contributed by atoms with van der Waals surface area (Å²) in [7, 11) is 0. The summed E-state index contributed by atoms with van der Waals surface area (Å²) < 4.78 is 0.814. The molecule has 0 bridgehead atoms. The molecule has 0 saturated carbocycles. The van der Waals surface area contributed by atoms with Crippen LogP contribution in [0.15, 0.2) is 28.2 Å². The topological polar surface area (TPSA) is 33.1 Å². The van der Waals surface area contributed by atoms with E-state index in [-0.39, 0.29) is 6.61 Å². The van der Waals surface area contributed by atoms with Crippen LogP contribution in [0.3, 0.4) is 0 Å². The summed E-state index contributed by atoms with van der Waals surface area (Å²) in [5.41, 5.74) is 3.29. The maximum Gasteiger partial charge on any atom is 0.160 e. The number of benzene rings is 1. The monoisotopic (exact) mass is 311 g/mol. The Labute approximate surface area is 113 Å². The molecule has 0 amide bonds. The summed E-state index contributed by atoms with van der Waals surface area (Å²) in [4.78, 5) is 5.31. The Morgan fingerprint density at radius 2 is 2.00 bits per heavy atom. The van der Waals surface area contributed by atoms with Crippen molar-refractivity contribution in [2.24, 2.45) is 0 Å². The van der Waals surface area contributed by atoms with Crippen molar-refractivity contribution >= 4 is 27.3 Å². The quantitative estimate of drug-likeness (QED) is 0.925. The molecule has 4 heteroatoms. The molecule has 0 saturated heterocycles. The van der Waals surface area contributed by atoms with Crippen LogP contribution in [-0.2, 0) is 13.0 Å². The van der Waals surface area contributed by atoms with Crippen molar-refractivity contribution in [3.05, 3.63) is 38.6 Å². The van der Waals surface area contributed by atoms with E-state index in [0.717, 1.165) is 32.9 Å². The molecule has 1 aromatic heterocycles. The number of aromatic nitrogens is 1. The summed E-state index contributed by atoms with van der Waals surface area (Å²) in [5, 5.41) is 9.28. The molecule has 0 fully saturated rings. The lowest BCUT2D eigenvalue weighted by molar-refractivity contribution is 0.286. The molecule has 2 rings (SSSR count). The Kier molecular flexibility index (Phi) is 4.31. The van der Waals surface area contributed by atoms with Crippen LogP contribution >= 0.6 is 27.3 Å². The molecule has 1 heterocycles. The standard InChI is InChI=1S/C13H14BrNOS/c1-2-3-9-4-6-10(7-5-9)12-11(8-16)17-13(14)15-12/h4-7,16H,2-3,8H2,1H3. The van der Waals surface area contributed by atoms with Crippen molar-refractivity contribution in [2.45, 2.75) is 26.4 Å². The third-order valence-electron chi connectivity index (χ3n) is 2.58. The Bertz CT molecular complexity index is 493. The van der Waals surface area contributed by atoms with E-state index in [1.54, 1.807) is 0 Å². The van der Waals surface area contributed by atoms with Crippen LogP contribution in [0, 0.1) is 0 Å². The van der Waals surface area contributed by atoms with E-state index in [9.17, 15) is 5.11 Å². The molecule has 0 atom stereocenters. The molecule has 0 aliphatic heterocycles. The summed E-state index contributed by atoms with van der Waals surface area (Å²) in [6.45, 7) is 2.21. The van der Waals surface area contributed by atoms with E-state index < -0.39 is 0 Å². The Hall–Kier alpha value is -0.710. The van der Waals surface area contributed by atoms with Crippen molar-refractivity contribution in [2.75, 3.05) is 0 Å². The molecule has 17 heavy (non-hydrogen) atoms. The van der Waals surface area contributed by atoms with Crippen LogP contribution in [0.4, 0.5) is 0 Å². The number of nitrogens with zero attached hydrogens (tertiary/aromatic N) is 1. The second-order valence-electron chi connectivity index (χ2n) is 3.84. The van der Waals surface area contributed by atoms with Gasteiger partial charge in [-0.05, 0) is 27.9 Å². The van der Waals surface area contributed by atoms with E-state index in [0.29, 0.717) is 0 Å². The summed E-state index contributed by atoms with van der Waals surface area (Å²) >= 11 is 4.84. The molecule has 0 unspecified atom stereocenters. The first-order valence-electron chi connectivity index (χ1n) is 5.60. The van der Waals surface area contributed by atoms with Gasteiger partial charge in [-0.25, -0.2) is 4.98 Å². The zero-order valence-corrected chi connectivity index (χ0v) is 12.0. The molecule has 0 spiro atoms. The number of aryl methyl sites for hydroxylation is 1. The normalized spacial score (nSPS) is 10.8. The lowest BCUT2D eigenvalue weighted by Crippen LogP contribution is -1.87. The second-order valence-corrected chi connectivity index (χ2v) is 6.20. The number of halogens is 1. The van der Waals surface area contributed by atoms with Gasteiger partial charge in [0.25, 0.3) is 0 Å².